The third-order valence-corrected chi connectivity index (χ3v) is 3.15. The van der Waals surface area contributed by atoms with Gasteiger partial charge < -0.3 is 5.32 Å². The van der Waals surface area contributed by atoms with Crippen molar-refractivity contribution in [2.24, 2.45) is 0 Å². The zero-order valence-corrected chi connectivity index (χ0v) is 11.8. The van der Waals surface area contributed by atoms with Crippen molar-refractivity contribution in [1.29, 1.82) is 0 Å². The minimum atomic E-state index is 0.0331. The van der Waals surface area contributed by atoms with Gasteiger partial charge in [0.25, 0.3) is 0 Å². The van der Waals surface area contributed by atoms with Crippen LogP contribution in [0.4, 0.5) is 5.82 Å². The van der Waals surface area contributed by atoms with Gasteiger partial charge in [0, 0.05) is 11.1 Å². The summed E-state index contributed by atoms with van der Waals surface area (Å²) >= 11 is 17.6. The molecule has 0 amide bonds. The van der Waals surface area contributed by atoms with Crippen molar-refractivity contribution in [2.45, 2.75) is 13.0 Å². The normalized spacial score (nSPS) is 12.2. The second-order valence-corrected chi connectivity index (χ2v) is 4.93. The summed E-state index contributed by atoms with van der Waals surface area (Å²) in [6.45, 7) is 2.00. The van der Waals surface area contributed by atoms with Gasteiger partial charge in [0.15, 0.2) is 0 Å². The fourth-order valence-corrected chi connectivity index (χ4v) is 1.89. The van der Waals surface area contributed by atoms with Crippen molar-refractivity contribution in [2.75, 3.05) is 5.32 Å². The maximum Gasteiger partial charge on any atom is 0.224 e. The van der Waals surface area contributed by atoms with Crippen LogP contribution in [0.15, 0.2) is 30.5 Å². The van der Waals surface area contributed by atoms with E-state index in [1.807, 2.05) is 31.2 Å². The number of hydrogen-bond acceptors (Lipinski definition) is 3. The molecule has 0 fully saturated rings. The molecular formula is C12H10Cl3N3. The number of hydrogen-bond donors (Lipinski definition) is 1. The Balaban J connectivity index is 2.18. The van der Waals surface area contributed by atoms with Gasteiger partial charge in [-0.1, -0.05) is 35.3 Å². The molecule has 1 aromatic carbocycles. The lowest BCUT2D eigenvalue weighted by Gasteiger charge is -2.15. The Morgan fingerprint density at radius 3 is 2.44 bits per heavy atom. The lowest BCUT2D eigenvalue weighted by atomic mass is 10.1. The molecule has 1 atom stereocenters. The predicted octanol–water partition coefficient (Wildman–Crippen LogP) is 4.61. The van der Waals surface area contributed by atoms with E-state index in [2.05, 4.69) is 15.3 Å². The van der Waals surface area contributed by atoms with E-state index in [0.29, 0.717) is 15.9 Å². The van der Waals surface area contributed by atoms with Crippen molar-refractivity contribution in [3.63, 3.8) is 0 Å². The van der Waals surface area contributed by atoms with E-state index in [4.69, 9.17) is 34.8 Å². The van der Waals surface area contributed by atoms with Crippen molar-refractivity contribution in [3.05, 3.63) is 51.4 Å². The summed E-state index contributed by atoms with van der Waals surface area (Å²) in [6.07, 6.45) is 1.47. The maximum atomic E-state index is 5.99. The van der Waals surface area contributed by atoms with Crippen LogP contribution in [-0.4, -0.2) is 9.97 Å². The molecule has 0 aliphatic heterocycles. The molecule has 18 heavy (non-hydrogen) atoms. The summed E-state index contributed by atoms with van der Waals surface area (Å²) in [4.78, 5) is 7.84. The van der Waals surface area contributed by atoms with E-state index in [9.17, 15) is 0 Å². The summed E-state index contributed by atoms with van der Waals surface area (Å²) in [5.41, 5.74) is 1.07. The van der Waals surface area contributed by atoms with Gasteiger partial charge in [0.05, 0.1) is 6.20 Å². The Hall–Kier alpha value is -1.03. The molecular weight excluding hydrogens is 293 g/mol. The molecule has 0 spiro atoms. The van der Waals surface area contributed by atoms with E-state index in [0.717, 1.165) is 5.56 Å². The van der Waals surface area contributed by atoms with Crippen LogP contribution in [0.3, 0.4) is 0 Å². The Morgan fingerprint density at radius 2 is 1.78 bits per heavy atom. The molecule has 0 aliphatic carbocycles. The lowest BCUT2D eigenvalue weighted by molar-refractivity contribution is 0.872. The zero-order chi connectivity index (χ0) is 13.1. The molecule has 1 unspecified atom stereocenters. The number of rotatable bonds is 3. The predicted molar refractivity (Wildman–Crippen MR) is 75.5 cm³/mol. The highest BCUT2D eigenvalue weighted by molar-refractivity contribution is 6.33. The highest BCUT2D eigenvalue weighted by Crippen LogP contribution is 2.25. The first-order chi connectivity index (χ1) is 8.56. The third-order valence-electron chi connectivity index (χ3n) is 2.44. The van der Waals surface area contributed by atoms with Gasteiger partial charge in [-0.15, -0.1) is 0 Å². The SMILES string of the molecule is CC(Nc1nc(Cl)ncc1Cl)c1ccc(Cl)cc1. The maximum absolute atomic E-state index is 5.99. The smallest absolute Gasteiger partial charge is 0.224 e. The van der Waals surface area contributed by atoms with Crippen LogP contribution >= 0.6 is 34.8 Å². The van der Waals surface area contributed by atoms with Gasteiger partial charge in [-0.3, -0.25) is 0 Å². The quantitative estimate of drug-likeness (QED) is 0.841. The molecule has 1 aromatic heterocycles. The summed E-state index contributed by atoms with van der Waals surface area (Å²) in [5, 5.41) is 4.47. The number of halogens is 3. The first-order valence-corrected chi connectivity index (χ1v) is 6.39. The molecule has 0 radical (unpaired) electrons. The lowest BCUT2D eigenvalue weighted by Crippen LogP contribution is -2.08. The molecule has 0 bridgehead atoms. The number of anilines is 1. The van der Waals surface area contributed by atoms with E-state index < -0.39 is 0 Å². The number of aromatic nitrogens is 2. The van der Waals surface area contributed by atoms with Crippen molar-refractivity contribution in [3.8, 4) is 0 Å². The molecule has 3 nitrogen and oxygen atoms in total. The van der Waals surface area contributed by atoms with E-state index in [-0.39, 0.29) is 11.3 Å². The Bertz CT molecular complexity index is 543. The van der Waals surface area contributed by atoms with E-state index >= 15 is 0 Å². The molecule has 0 saturated carbocycles. The Morgan fingerprint density at radius 1 is 1.11 bits per heavy atom. The second-order valence-electron chi connectivity index (χ2n) is 3.75. The first-order valence-electron chi connectivity index (χ1n) is 5.26. The molecule has 6 heteroatoms. The number of nitrogens with zero attached hydrogens (tertiary/aromatic N) is 2. The van der Waals surface area contributed by atoms with Gasteiger partial charge in [-0.25, -0.2) is 4.98 Å². The van der Waals surface area contributed by atoms with Crippen molar-refractivity contribution < 1.29 is 0 Å². The minimum Gasteiger partial charge on any atom is -0.362 e. The largest absolute Gasteiger partial charge is 0.362 e. The molecule has 2 aromatic rings. The Labute approximate surface area is 120 Å². The van der Waals surface area contributed by atoms with Crippen LogP contribution in [-0.2, 0) is 0 Å². The van der Waals surface area contributed by atoms with Gasteiger partial charge >= 0.3 is 0 Å². The molecule has 0 aliphatic rings. The molecule has 1 N–H and O–H groups in total. The van der Waals surface area contributed by atoms with Gasteiger partial charge in [-0.2, -0.15) is 4.98 Å². The third kappa shape index (κ3) is 3.25. The van der Waals surface area contributed by atoms with Gasteiger partial charge in [0.2, 0.25) is 5.28 Å². The Kier molecular flexibility index (Phi) is 4.27. The average molecular weight is 303 g/mol. The monoisotopic (exact) mass is 301 g/mol. The van der Waals surface area contributed by atoms with Crippen LogP contribution < -0.4 is 5.32 Å². The molecule has 1 heterocycles. The van der Waals surface area contributed by atoms with Crippen LogP contribution in [0.25, 0.3) is 0 Å². The summed E-state index contributed by atoms with van der Waals surface area (Å²) < 4.78 is 0. The molecule has 94 valence electrons. The zero-order valence-electron chi connectivity index (χ0n) is 9.49. The molecule has 0 saturated heterocycles. The summed E-state index contributed by atoms with van der Waals surface area (Å²) in [6, 6.07) is 7.59. The fourth-order valence-electron chi connectivity index (χ4n) is 1.49. The van der Waals surface area contributed by atoms with Crippen LogP contribution in [0.1, 0.15) is 18.5 Å². The average Bonchev–Trinajstić information content (AvgIpc) is 2.34. The van der Waals surface area contributed by atoms with Crippen molar-refractivity contribution in [1.82, 2.24) is 9.97 Å². The van der Waals surface area contributed by atoms with Gasteiger partial charge in [0.1, 0.15) is 10.8 Å². The minimum absolute atomic E-state index is 0.0331. The topological polar surface area (TPSA) is 37.8 Å². The summed E-state index contributed by atoms with van der Waals surface area (Å²) in [7, 11) is 0. The first kappa shape index (κ1) is 13.4. The summed E-state index contributed by atoms with van der Waals surface area (Å²) in [5.74, 6) is 0.513. The van der Waals surface area contributed by atoms with E-state index in [1.54, 1.807) is 0 Å². The van der Waals surface area contributed by atoms with Crippen LogP contribution in [0, 0.1) is 0 Å². The fraction of sp³-hybridized carbons (Fsp3) is 0.167. The van der Waals surface area contributed by atoms with E-state index in [1.165, 1.54) is 6.20 Å². The molecule has 2 rings (SSSR count). The second kappa shape index (κ2) is 5.74. The number of benzene rings is 1. The highest BCUT2D eigenvalue weighted by Gasteiger charge is 2.09. The van der Waals surface area contributed by atoms with Crippen LogP contribution in [0.2, 0.25) is 15.3 Å². The van der Waals surface area contributed by atoms with Gasteiger partial charge in [-0.05, 0) is 36.2 Å². The van der Waals surface area contributed by atoms with Crippen LogP contribution in [0.5, 0.6) is 0 Å². The highest BCUT2D eigenvalue weighted by atomic mass is 35.5. The number of nitrogens with one attached hydrogen (secondary N) is 1. The van der Waals surface area contributed by atoms with Crippen molar-refractivity contribution >= 4 is 40.6 Å². The standard InChI is InChI=1S/C12H10Cl3N3/c1-7(8-2-4-9(13)5-3-8)17-11-10(14)6-16-12(15)18-11/h2-7H,1H3,(H,16,17,18).